The summed E-state index contributed by atoms with van der Waals surface area (Å²) in [6, 6.07) is 5.93. The Labute approximate surface area is 111 Å². The lowest BCUT2D eigenvalue weighted by Crippen LogP contribution is -2.40. The van der Waals surface area contributed by atoms with Crippen LogP contribution in [0.4, 0.5) is 0 Å². The van der Waals surface area contributed by atoms with E-state index in [4.69, 9.17) is 4.74 Å². The van der Waals surface area contributed by atoms with Gasteiger partial charge in [0.25, 0.3) is 0 Å². The third kappa shape index (κ3) is 2.54. The van der Waals surface area contributed by atoms with Crippen molar-refractivity contribution in [2.24, 2.45) is 0 Å². The summed E-state index contributed by atoms with van der Waals surface area (Å²) in [5, 5.41) is 7.97. The number of rotatable bonds is 2. The summed E-state index contributed by atoms with van der Waals surface area (Å²) in [5.74, 6) is 1.02. The summed E-state index contributed by atoms with van der Waals surface area (Å²) in [6.45, 7) is 3.19. The molecule has 1 amide bonds. The van der Waals surface area contributed by atoms with E-state index in [0.29, 0.717) is 0 Å². The van der Waals surface area contributed by atoms with Crippen molar-refractivity contribution in [3.63, 3.8) is 0 Å². The summed E-state index contributed by atoms with van der Waals surface area (Å²) < 4.78 is 5.98. The Hall–Kier alpha value is -2.04. The second-order valence-electron chi connectivity index (χ2n) is 4.94. The van der Waals surface area contributed by atoms with Crippen LogP contribution in [0.2, 0.25) is 0 Å². The molecule has 0 aliphatic carbocycles. The van der Waals surface area contributed by atoms with Crippen LogP contribution in [0.25, 0.3) is 10.9 Å². The van der Waals surface area contributed by atoms with E-state index in [9.17, 15) is 4.79 Å². The van der Waals surface area contributed by atoms with Crippen molar-refractivity contribution in [3.8, 4) is 5.75 Å². The second-order valence-corrected chi connectivity index (χ2v) is 4.94. The normalized spacial score (nSPS) is 16.8. The van der Waals surface area contributed by atoms with Gasteiger partial charge in [0.1, 0.15) is 11.9 Å². The number of nitrogens with zero attached hydrogens (tertiary/aromatic N) is 2. The Morgan fingerprint density at radius 2 is 2.21 bits per heavy atom. The number of hydrogen-bond donors (Lipinski definition) is 1. The molecule has 2 heterocycles. The highest BCUT2D eigenvalue weighted by Crippen LogP contribution is 2.22. The number of nitrogens with one attached hydrogen (secondary N) is 1. The van der Waals surface area contributed by atoms with Crippen molar-refractivity contribution in [1.82, 2.24) is 15.1 Å². The average Bonchev–Trinajstić information content (AvgIpc) is 2.87. The first-order valence-corrected chi connectivity index (χ1v) is 6.58. The van der Waals surface area contributed by atoms with Gasteiger partial charge in [-0.3, -0.25) is 9.89 Å². The molecule has 3 rings (SSSR count). The zero-order valence-corrected chi connectivity index (χ0v) is 10.9. The van der Waals surface area contributed by atoms with E-state index >= 15 is 0 Å². The smallest absolute Gasteiger partial charge is 0.219 e. The van der Waals surface area contributed by atoms with Gasteiger partial charge in [0, 0.05) is 38.2 Å². The molecule has 1 aromatic carbocycles. The van der Waals surface area contributed by atoms with Gasteiger partial charge in [-0.2, -0.15) is 5.10 Å². The Kier molecular flexibility index (Phi) is 3.11. The molecule has 0 unspecified atom stereocenters. The summed E-state index contributed by atoms with van der Waals surface area (Å²) in [7, 11) is 0. The fraction of sp³-hybridized carbons (Fsp3) is 0.429. The molecule has 5 nitrogen and oxygen atoms in total. The van der Waals surface area contributed by atoms with E-state index in [2.05, 4.69) is 10.2 Å². The lowest BCUT2D eigenvalue weighted by molar-refractivity contribution is -0.130. The first-order valence-electron chi connectivity index (χ1n) is 6.58. The quantitative estimate of drug-likeness (QED) is 0.896. The van der Waals surface area contributed by atoms with Gasteiger partial charge < -0.3 is 9.64 Å². The monoisotopic (exact) mass is 259 g/mol. The molecule has 1 fully saturated rings. The number of amides is 1. The van der Waals surface area contributed by atoms with Crippen molar-refractivity contribution in [1.29, 1.82) is 0 Å². The van der Waals surface area contributed by atoms with Crippen LogP contribution in [0.5, 0.6) is 5.75 Å². The molecular weight excluding hydrogens is 242 g/mol. The number of fused-ring (bicyclic) bond motifs is 1. The highest BCUT2D eigenvalue weighted by molar-refractivity contribution is 5.79. The van der Waals surface area contributed by atoms with Crippen molar-refractivity contribution in [2.75, 3.05) is 13.1 Å². The zero-order valence-electron chi connectivity index (χ0n) is 10.9. The van der Waals surface area contributed by atoms with E-state index in [1.165, 1.54) is 0 Å². The number of benzene rings is 1. The van der Waals surface area contributed by atoms with E-state index in [1.807, 2.05) is 23.1 Å². The highest BCUT2D eigenvalue weighted by Gasteiger charge is 2.21. The number of carbonyl (C=O) groups excluding carboxylic acids is 1. The average molecular weight is 259 g/mol. The maximum atomic E-state index is 11.3. The number of hydrogen-bond acceptors (Lipinski definition) is 3. The van der Waals surface area contributed by atoms with Gasteiger partial charge in [-0.05, 0) is 18.2 Å². The Morgan fingerprint density at radius 1 is 1.42 bits per heavy atom. The maximum absolute atomic E-state index is 11.3. The van der Waals surface area contributed by atoms with E-state index < -0.39 is 0 Å². The first kappa shape index (κ1) is 12.0. The van der Waals surface area contributed by atoms with Crippen LogP contribution in [0.3, 0.4) is 0 Å². The van der Waals surface area contributed by atoms with Crippen LogP contribution in [0, 0.1) is 0 Å². The van der Waals surface area contributed by atoms with Gasteiger partial charge in [-0.15, -0.1) is 0 Å². The van der Waals surface area contributed by atoms with E-state index in [1.54, 1.807) is 13.1 Å². The third-order valence-corrected chi connectivity index (χ3v) is 3.60. The van der Waals surface area contributed by atoms with Crippen LogP contribution in [0.1, 0.15) is 19.8 Å². The minimum atomic E-state index is 0.151. The molecule has 0 saturated carbocycles. The molecule has 2 aromatic rings. The minimum absolute atomic E-state index is 0.151. The Morgan fingerprint density at radius 3 is 2.95 bits per heavy atom. The number of carbonyl (C=O) groups is 1. The minimum Gasteiger partial charge on any atom is -0.490 e. The van der Waals surface area contributed by atoms with Gasteiger partial charge >= 0.3 is 0 Å². The van der Waals surface area contributed by atoms with Crippen molar-refractivity contribution in [3.05, 3.63) is 24.4 Å². The number of aromatic nitrogens is 2. The number of piperidine rings is 1. The van der Waals surface area contributed by atoms with Crippen LogP contribution in [0.15, 0.2) is 24.4 Å². The lowest BCUT2D eigenvalue weighted by atomic mass is 10.1. The number of aromatic amines is 1. The van der Waals surface area contributed by atoms with Crippen LogP contribution >= 0.6 is 0 Å². The van der Waals surface area contributed by atoms with Gasteiger partial charge in [0.15, 0.2) is 0 Å². The molecule has 100 valence electrons. The van der Waals surface area contributed by atoms with Gasteiger partial charge in [0.2, 0.25) is 5.91 Å². The van der Waals surface area contributed by atoms with E-state index in [0.717, 1.165) is 42.6 Å². The molecule has 0 atom stereocenters. The second kappa shape index (κ2) is 4.91. The summed E-state index contributed by atoms with van der Waals surface area (Å²) in [4.78, 5) is 13.1. The molecule has 1 saturated heterocycles. The number of likely N-dealkylation sites (tertiary alicyclic amines) is 1. The predicted molar refractivity (Wildman–Crippen MR) is 72.0 cm³/mol. The molecule has 1 aliphatic rings. The summed E-state index contributed by atoms with van der Waals surface area (Å²) in [6.07, 6.45) is 3.77. The SMILES string of the molecule is CC(=O)N1CCC(Oc2ccc3[nH]ncc3c2)CC1. The molecule has 5 heteroatoms. The fourth-order valence-corrected chi connectivity index (χ4v) is 2.48. The molecule has 0 radical (unpaired) electrons. The molecular formula is C14H17N3O2. The topological polar surface area (TPSA) is 58.2 Å². The first-order chi connectivity index (χ1) is 9.22. The molecule has 19 heavy (non-hydrogen) atoms. The van der Waals surface area contributed by atoms with Crippen LogP contribution < -0.4 is 4.74 Å². The standard InChI is InChI=1S/C14H17N3O2/c1-10(18)17-6-4-12(5-7-17)19-13-2-3-14-11(8-13)9-15-16-14/h2-3,8-9,12H,4-7H2,1H3,(H,15,16). The van der Waals surface area contributed by atoms with Crippen molar-refractivity contribution in [2.45, 2.75) is 25.9 Å². The number of ether oxygens (including phenoxy) is 1. The largest absolute Gasteiger partial charge is 0.490 e. The Bertz CT molecular complexity index is 585. The van der Waals surface area contributed by atoms with E-state index in [-0.39, 0.29) is 12.0 Å². The molecule has 0 bridgehead atoms. The maximum Gasteiger partial charge on any atom is 0.219 e. The lowest BCUT2D eigenvalue weighted by Gasteiger charge is -2.31. The summed E-state index contributed by atoms with van der Waals surface area (Å²) >= 11 is 0. The molecule has 1 N–H and O–H groups in total. The fourth-order valence-electron chi connectivity index (χ4n) is 2.48. The molecule has 1 aromatic heterocycles. The van der Waals surface area contributed by atoms with Crippen LogP contribution in [-0.2, 0) is 4.79 Å². The highest BCUT2D eigenvalue weighted by atomic mass is 16.5. The number of H-pyrrole nitrogens is 1. The molecule has 0 spiro atoms. The third-order valence-electron chi connectivity index (χ3n) is 3.60. The van der Waals surface area contributed by atoms with Crippen LogP contribution in [-0.4, -0.2) is 40.2 Å². The molecule has 1 aliphatic heterocycles. The predicted octanol–water partition coefficient (Wildman–Crippen LogP) is 1.95. The zero-order chi connectivity index (χ0) is 13.2. The van der Waals surface area contributed by atoms with Crippen molar-refractivity contribution >= 4 is 16.8 Å². The van der Waals surface area contributed by atoms with Crippen molar-refractivity contribution < 1.29 is 9.53 Å². The van der Waals surface area contributed by atoms with Gasteiger partial charge in [-0.25, -0.2) is 0 Å². The van der Waals surface area contributed by atoms with Gasteiger partial charge in [-0.1, -0.05) is 0 Å². The van der Waals surface area contributed by atoms with Gasteiger partial charge in [0.05, 0.1) is 11.7 Å². The summed E-state index contributed by atoms with van der Waals surface area (Å²) in [5.41, 5.74) is 1.01. The Balaban J connectivity index is 1.64.